The highest BCUT2D eigenvalue weighted by atomic mass is 79.9. The van der Waals surface area contributed by atoms with Crippen LogP contribution in [0.3, 0.4) is 0 Å². The molecule has 9 rings (SSSR count). The van der Waals surface area contributed by atoms with Crippen molar-refractivity contribution in [3.05, 3.63) is 214 Å². The van der Waals surface area contributed by atoms with Crippen LogP contribution in [-0.2, 0) is 10.8 Å². The summed E-state index contributed by atoms with van der Waals surface area (Å²) in [6, 6.07) is 49.3. The van der Waals surface area contributed by atoms with Gasteiger partial charge in [-0.3, -0.25) is 0 Å². The smallest absolute Gasteiger partial charge is 0.0619 e. The van der Waals surface area contributed by atoms with Crippen LogP contribution in [0.1, 0.15) is 44.5 Å². The van der Waals surface area contributed by atoms with Gasteiger partial charge in [0.2, 0.25) is 0 Å². The second-order valence-electron chi connectivity index (χ2n) is 13.0. The van der Waals surface area contributed by atoms with Crippen molar-refractivity contribution in [1.29, 1.82) is 0 Å². The van der Waals surface area contributed by atoms with Gasteiger partial charge in [0, 0.05) is 35.8 Å². The molecular weight excluding hydrogens is 1170 g/mol. The molecule has 0 nitrogen and oxygen atoms in total. The third-order valence-corrected chi connectivity index (χ3v) is 20.0. The molecule has 0 fully saturated rings. The van der Waals surface area contributed by atoms with E-state index >= 15 is 0 Å². The molecule has 0 bridgehead atoms. The van der Waals surface area contributed by atoms with Crippen molar-refractivity contribution in [1.82, 2.24) is 0 Å². The average Bonchev–Trinajstić information content (AvgIpc) is 3.65. The first-order valence-electron chi connectivity index (χ1n) is 16.3. The standard InChI is InChI=1S/C44H22Br8/c45-35-21-33(37(47)41(51)39(35)49)43(29-16-5-1-12-25(29)26-13-2-6-17-30(26)43)23-10-9-11-24(20-23)44(34-22-36(46)40(50)42(52)38(34)48)31-18-7-3-14-27(31)28-15-4-8-19-32(28)44/h1-22H. The lowest BCUT2D eigenvalue weighted by Crippen LogP contribution is -2.32. The third kappa shape index (κ3) is 4.93. The van der Waals surface area contributed by atoms with E-state index < -0.39 is 10.8 Å². The summed E-state index contributed by atoms with van der Waals surface area (Å²) in [6.45, 7) is 0. The van der Waals surface area contributed by atoms with Gasteiger partial charge >= 0.3 is 0 Å². The summed E-state index contributed by atoms with van der Waals surface area (Å²) in [5, 5.41) is 0. The van der Waals surface area contributed by atoms with E-state index in [2.05, 4.69) is 261 Å². The Morgan fingerprint density at radius 2 is 0.577 bits per heavy atom. The van der Waals surface area contributed by atoms with Crippen LogP contribution in [0.25, 0.3) is 22.3 Å². The average molecular weight is 1190 g/mol. The number of hydrogen-bond donors (Lipinski definition) is 0. The normalized spacial score (nSPS) is 14.5. The summed E-state index contributed by atoms with van der Waals surface area (Å²) in [6.07, 6.45) is 0. The quantitative estimate of drug-likeness (QED) is 0.122. The maximum Gasteiger partial charge on any atom is 0.0725 e. The Hall–Kier alpha value is -1.62. The number of fused-ring (bicyclic) bond motifs is 6. The number of halogens is 8. The summed E-state index contributed by atoms with van der Waals surface area (Å²) in [4.78, 5) is 0. The van der Waals surface area contributed by atoms with Crippen molar-refractivity contribution in [3.63, 3.8) is 0 Å². The highest BCUT2D eigenvalue weighted by Crippen LogP contribution is 2.62. The van der Waals surface area contributed by atoms with Gasteiger partial charge in [0.05, 0.1) is 10.8 Å². The topological polar surface area (TPSA) is 0 Å². The zero-order valence-electron chi connectivity index (χ0n) is 26.7. The Morgan fingerprint density at radius 3 is 0.904 bits per heavy atom. The van der Waals surface area contributed by atoms with E-state index in [-0.39, 0.29) is 0 Å². The molecule has 254 valence electrons. The van der Waals surface area contributed by atoms with E-state index in [9.17, 15) is 0 Å². The minimum atomic E-state index is -0.662. The van der Waals surface area contributed by atoms with E-state index in [0.717, 1.165) is 46.9 Å². The molecule has 0 aromatic heterocycles. The molecule has 0 spiro atoms. The monoisotopic (exact) mass is 1180 g/mol. The van der Waals surface area contributed by atoms with Crippen molar-refractivity contribution < 1.29 is 0 Å². The zero-order chi connectivity index (χ0) is 36.1. The summed E-state index contributed by atoms with van der Waals surface area (Å²) in [5.41, 5.74) is 13.2. The van der Waals surface area contributed by atoms with E-state index in [1.165, 1.54) is 55.6 Å². The fourth-order valence-electron chi connectivity index (χ4n) is 8.66. The van der Waals surface area contributed by atoms with E-state index in [1.54, 1.807) is 0 Å². The van der Waals surface area contributed by atoms with Crippen molar-refractivity contribution in [3.8, 4) is 22.3 Å². The molecular formula is C44H22Br8. The molecule has 0 atom stereocenters. The lowest BCUT2D eigenvalue weighted by molar-refractivity contribution is 0.733. The number of hydrogen-bond acceptors (Lipinski definition) is 0. The van der Waals surface area contributed by atoms with Gasteiger partial charge in [0.15, 0.2) is 0 Å². The number of benzene rings is 7. The second kappa shape index (κ2) is 13.5. The van der Waals surface area contributed by atoms with Gasteiger partial charge in [-0.1, -0.05) is 121 Å². The first kappa shape index (κ1) is 36.0. The molecule has 2 aliphatic rings. The Balaban J connectivity index is 1.46. The summed E-state index contributed by atoms with van der Waals surface area (Å²) < 4.78 is 7.76. The molecule has 0 saturated heterocycles. The van der Waals surface area contributed by atoms with Gasteiger partial charge in [0.1, 0.15) is 0 Å². The van der Waals surface area contributed by atoms with Crippen LogP contribution in [-0.4, -0.2) is 0 Å². The van der Waals surface area contributed by atoms with Crippen molar-refractivity contribution in [2.75, 3.05) is 0 Å². The van der Waals surface area contributed by atoms with Crippen LogP contribution < -0.4 is 0 Å². The molecule has 7 aromatic carbocycles. The Kier molecular flexibility index (Phi) is 9.39. The molecule has 0 amide bonds. The number of rotatable bonds is 4. The fraction of sp³-hybridized carbons (Fsp3) is 0.0455. The molecule has 0 N–H and O–H groups in total. The lowest BCUT2D eigenvalue weighted by atomic mass is 9.64. The molecule has 0 heterocycles. The van der Waals surface area contributed by atoms with Crippen molar-refractivity contribution >= 4 is 127 Å². The summed E-state index contributed by atoms with van der Waals surface area (Å²) in [5.74, 6) is 0. The molecule has 0 radical (unpaired) electrons. The molecule has 0 saturated carbocycles. The summed E-state index contributed by atoms with van der Waals surface area (Å²) in [7, 11) is 0. The third-order valence-electron chi connectivity index (χ3n) is 10.6. The van der Waals surface area contributed by atoms with Gasteiger partial charge in [-0.15, -0.1) is 0 Å². The van der Waals surface area contributed by atoms with Gasteiger partial charge < -0.3 is 0 Å². The van der Waals surface area contributed by atoms with Gasteiger partial charge in [-0.25, -0.2) is 0 Å². The fourth-order valence-corrected chi connectivity index (χ4v) is 13.3. The summed E-state index contributed by atoms with van der Waals surface area (Å²) >= 11 is 31.5. The largest absolute Gasteiger partial charge is 0.0725 e. The van der Waals surface area contributed by atoms with E-state index in [4.69, 9.17) is 0 Å². The maximum absolute atomic E-state index is 4.10. The molecule has 0 aliphatic heterocycles. The minimum Gasteiger partial charge on any atom is -0.0619 e. The van der Waals surface area contributed by atoms with E-state index in [1.807, 2.05) is 0 Å². The first-order chi connectivity index (χ1) is 25.1. The molecule has 7 aromatic rings. The highest BCUT2D eigenvalue weighted by Gasteiger charge is 2.51. The van der Waals surface area contributed by atoms with Crippen LogP contribution in [0.2, 0.25) is 0 Å². The predicted molar refractivity (Wildman–Crippen MR) is 243 cm³/mol. The second-order valence-corrected chi connectivity index (χ2v) is 19.4. The van der Waals surface area contributed by atoms with Crippen LogP contribution in [0.5, 0.6) is 0 Å². The van der Waals surface area contributed by atoms with E-state index in [0.29, 0.717) is 0 Å². The Morgan fingerprint density at radius 1 is 0.269 bits per heavy atom. The molecule has 52 heavy (non-hydrogen) atoms. The first-order valence-corrected chi connectivity index (χ1v) is 22.6. The Bertz CT molecular complexity index is 2370. The van der Waals surface area contributed by atoms with Crippen LogP contribution in [0.15, 0.2) is 169 Å². The van der Waals surface area contributed by atoms with Crippen LogP contribution in [0.4, 0.5) is 0 Å². The van der Waals surface area contributed by atoms with Gasteiger partial charge in [-0.05, 0) is 206 Å². The molecule has 2 aliphatic carbocycles. The van der Waals surface area contributed by atoms with Crippen molar-refractivity contribution in [2.24, 2.45) is 0 Å². The maximum atomic E-state index is 4.10. The SMILES string of the molecule is Brc1cc(C2(c3cccc(C4(c5cc(Br)c(Br)c(Br)c5Br)c5ccccc5-c5ccccc54)c3)c3ccccc3-c3ccccc32)c(Br)c(Br)c1Br. The molecule has 8 heteroatoms. The molecule has 0 unspecified atom stereocenters. The lowest BCUT2D eigenvalue weighted by Gasteiger charge is -2.38. The van der Waals surface area contributed by atoms with Gasteiger partial charge in [0.25, 0.3) is 0 Å². The van der Waals surface area contributed by atoms with Gasteiger partial charge in [-0.2, -0.15) is 0 Å². The van der Waals surface area contributed by atoms with Crippen LogP contribution in [0, 0.1) is 0 Å². The van der Waals surface area contributed by atoms with Crippen molar-refractivity contribution in [2.45, 2.75) is 10.8 Å². The highest BCUT2D eigenvalue weighted by molar-refractivity contribution is 9.15. The van der Waals surface area contributed by atoms with Crippen LogP contribution >= 0.6 is 127 Å². The Labute approximate surface area is 369 Å². The zero-order valence-corrected chi connectivity index (χ0v) is 39.4. The minimum absolute atomic E-state index is 0.662. The predicted octanol–water partition coefficient (Wildman–Crippen LogP) is 16.5.